The van der Waals surface area contributed by atoms with Crippen molar-refractivity contribution in [1.29, 1.82) is 0 Å². The van der Waals surface area contributed by atoms with Crippen LogP contribution in [0.5, 0.6) is 0 Å². The van der Waals surface area contributed by atoms with Gasteiger partial charge in [-0.25, -0.2) is 0 Å². The van der Waals surface area contributed by atoms with E-state index in [0.717, 1.165) is 5.57 Å². The molecule has 0 saturated heterocycles. The van der Waals surface area contributed by atoms with Crippen LogP contribution in [0.1, 0.15) is 6.92 Å². The van der Waals surface area contributed by atoms with E-state index in [1.807, 2.05) is 6.92 Å². The fourth-order valence-electron chi connectivity index (χ4n) is 0. The number of hydrogen-bond donors (Lipinski definition) is 0. The first kappa shape index (κ1) is 5.54. The molecule has 0 aromatic rings. The molecule has 30 valence electrons. The normalized spacial score (nSPS) is 7.50. The molecule has 0 saturated carbocycles. The molecule has 0 aliphatic rings. The third-order valence-corrected chi connectivity index (χ3v) is 0.548. The lowest BCUT2D eigenvalue weighted by molar-refractivity contribution is 1.54. The number of hydrogen-bond acceptors (Lipinski definition) is 0. The van der Waals surface area contributed by atoms with Crippen LogP contribution in [0.2, 0.25) is 0 Å². The molecule has 0 rings (SSSR count). The monoisotopic (exact) mass is 78.1 g/mol. The van der Waals surface area contributed by atoms with E-state index in [9.17, 15) is 0 Å². The van der Waals surface area contributed by atoms with Crippen molar-refractivity contribution >= 4 is 7.85 Å². The van der Waals surface area contributed by atoms with Crippen LogP contribution in [0.4, 0.5) is 0 Å². The van der Waals surface area contributed by atoms with Crippen molar-refractivity contribution < 1.29 is 0 Å². The van der Waals surface area contributed by atoms with E-state index in [0.29, 0.717) is 5.47 Å². The lowest BCUT2D eigenvalue weighted by atomic mass is 9.92. The van der Waals surface area contributed by atoms with Crippen LogP contribution >= 0.6 is 0 Å². The van der Waals surface area contributed by atoms with Crippen molar-refractivity contribution in [3.05, 3.63) is 24.2 Å². The second-order valence-corrected chi connectivity index (χ2v) is 1.31. The highest BCUT2D eigenvalue weighted by atomic mass is 13.8. The van der Waals surface area contributed by atoms with Gasteiger partial charge in [-0.3, -0.25) is 0 Å². The van der Waals surface area contributed by atoms with E-state index in [-0.39, 0.29) is 0 Å². The largest absolute Gasteiger partial charge is 0.113 e. The van der Waals surface area contributed by atoms with E-state index in [2.05, 4.69) is 13.2 Å². The molecule has 0 heterocycles. The van der Waals surface area contributed by atoms with E-state index >= 15 is 0 Å². The first-order valence-corrected chi connectivity index (χ1v) is 1.75. The van der Waals surface area contributed by atoms with Gasteiger partial charge in [-0.05, 0) is 6.92 Å². The van der Waals surface area contributed by atoms with E-state index < -0.39 is 0 Å². The summed E-state index contributed by atoms with van der Waals surface area (Å²) in [5, 5.41) is 0. The topological polar surface area (TPSA) is 0 Å². The van der Waals surface area contributed by atoms with E-state index in [4.69, 9.17) is 7.85 Å². The van der Waals surface area contributed by atoms with Crippen LogP contribution in [0.15, 0.2) is 24.2 Å². The van der Waals surface area contributed by atoms with Gasteiger partial charge >= 0.3 is 0 Å². The molecular weight excluding hydrogens is 70.9 g/mol. The predicted molar refractivity (Wildman–Crippen MR) is 29.7 cm³/mol. The van der Waals surface area contributed by atoms with Gasteiger partial charge in [-0.15, -0.1) is 12.1 Å². The summed E-state index contributed by atoms with van der Waals surface area (Å²) in [5.41, 5.74) is 1.41. The van der Waals surface area contributed by atoms with Gasteiger partial charge in [0.25, 0.3) is 0 Å². The summed E-state index contributed by atoms with van der Waals surface area (Å²) in [4.78, 5) is 0. The van der Waals surface area contributed by atoms with Crippen LogP contribution in [-0.2, 0) is 0 Å². The molecule has 1 heteroatoms. The molecular formula is C5H7B. The molecule has 0 bridgehead atoms. The molecule has 0 spiro atoms. The molecule has 6 heavy (non-hydrogen) atoms. The Labute approximate surface area is 40.0 Å². The second-order valence-electron chi connectivity index (χ2n) is 1.31. The third kappa shape index (κ3) is 1.83. The lowest BCUT2D eigenvalue weighted by Crippen LogP contribution is -1.74. The molecule has 0 aliphatic heterocycles. The molecule has 0 aromatic heterocycles. The van der Waals surface area contributed by atoms with Crippen molar-refractivity contribution in [3.63, 3.8) is 0 Å². The van der Waals surface area contributed by atoms with Crippen molar-refractivity contribution in [1.82, 2.24) is 0 Å². The van der Waals surface area contributed by atoms with Gasteiger partial charge in [-0.2, -0.15) is 0 Å². The van der Waals surface area contributed by atoms with Gasteiger partial charge < -0.3 is 0 Å². The van der Waals surface area contributed by atoms with Crippen LogP contribution < -0.4 is 0 Å². The summed E-state index contributed by atoms with van der Waals surface area (Å²) >= 11 is 0. The van der Waals surface area contributed by atoms with Crippen molar-refractivity contribution in [3.8, 4) is 0 Å². The first-order valence-electron chi connectivity index (χ1n) is 1.75. The Hall–Kier alpha value is -0.455. The fourth-order valence-corrected chi connectivity index (χ4v) is 0. The highest BCUT2D eigenvalue weighted by Crippen LogP contribution is 1.94. The van der Waals surface area contributed by atoms with Crippen molar-refractivity contribution in [2.75, 3.05) is 0 Å². The minimum atomic E-state index is 0.565. The Balaban J connectivity index is 3.57. The third-order valence-electron chi connectivity index (χ3n) is 0.548. The van der Waals surface area contributed by atoms with E-state index in [1.54, 1.807) is 0 Å². The summed E-state index contributed by atoms with van der Waals surface area (Å²) in [6.07, 6.45) is 0. The fraction of sp³-hybridized carbons (Fsp3) is 0.200. The molecule has 0 N–H and O–H groups in total. The maximum absolute atomic E-state index is 5.14. The van der Waals surface area contributed by atoms with Crippen molar-refractivity contribution in [2.45, 2.75) is 6.92 Å². The average molecular weight is 77.9 g/mol. The minimum absolute atomic E-state index is 0.565. The van der Waals surface area contributed by atoms with Gasteiger partial charge in [0.2, 0.25) is 0 Å². The summed E-state index contributed by atoms with van der Waals surface area (Å²) in [7, 11) is 5.14. The van der Waals surface area contributed by atoms with Gasteiger partial charge in [-0.1, -0.05) is 12.2 Å². The number of rotatable bonds is 1. The van der Waals surface area contributed by atoms with Gasteiger partial charge in [0.1, 0.15) is 7.85 Å². The zero-order chi connectivity index (χ0) is 5.15. The first-order chi connectivity index (χ1) is 2.64. The summed E-state index contributed by atoms with van der Waals surface area (Å²) in [5.74, 6) is 0. The zero-order valence-electron chi connectivity index (χ0n) is 3.99. The Kier molecular flexibility index (Phi) is 1.72. The van der Waals surface area contributed by atoms with E-state index in [1.165, 1.54) is 0 Å². The quantitative estimate of drug-likeness (QED) is 0.327. The summed E-state index contributed by atoms with van der Waals surface area (Å²) < 4.78 is 0. The smallest absolute Gasteiger partial charge is 0.106 e. The number of allylic oxidation sites excluding steroid dienone is 2. The average Bonchev–Trinajstić information content (AvgIpc) is 1.36. The molecule has 0 atom stereocenters. The van der Waals surface area contributed by atoms with Gasteiger partial charge in [0.05, 0.1) is 0 Å². The second kappa shape index (κ2) is 1.86. The highest BCUT2D eigenvalue weighted by molar-refractivity contribution is 6.23. The Morgan fingerprint density at radius 2 is 1.67 bits per heavy atom. The maximum Gasteiger partial charge on any atom is 0.113 e. The summed E-state index contributed by atoms with van der Waals surface area (Å²) in [6.45, 7) is 8.78. The van der Waals surface area contributed by atoms with Gasteiger partial charge in [0.15, 0.2) is 0 Å². The predicted octanol–water partition coefficient (Wildman–Crippen LogP) is 1.24. The Morgan fingerprint density at radius 3 is 1.67 bits per heavy atom. The maximum atomic E-state index is 5.14. The minimum Gasteiger partial charge on any atom is -0.106 e. The molecule has 0 fully saturated rings. The molecule has 0 nitrogen and oxygen atoms in total. The standard InChI is InChI=1S/C5H7B/c1-4(2)5(3)6/h1,3H2,2H3. The molecule has 0 aromatic carbocycles. The van der Waals surface area contributed by atoms with Crippen LogP contribution in [0, 0.1) is 0 Å². The molecule has 0 amide bonds. The molecule has 0 aliphatic carbocycles. The summed E-state index contributed by atoms with van der Waals surface area (Å²) in [6, 6.07) is 0. The Bertz CT molecular complexity index is 69.9. The zero-order valence-corrected chi connectivity index (χ0v) is 3.99. The van der Waals surface area contributed by atoms with Gasteiger partial charge in [0, 0.05) is 0 Å². The van der Waals surface area contributed by atoms with Crippen LogP contribution in [0.3, 0.4) is 0 Å². The lowest BCUT2D eigenvalue weighted by Gasteiger charge is -1.88. The SMILES string of the molecule is [B]C(=C)C(=C)C. The molecule has 2 radical (unpaired) electrons. The van der Waals surface area contributed by atoms with Crippen molar-refractivity contribution in [2.24, 2.45) is 0 Å². The highest BCUT2D eigenvalue weighted by Gasteiger charge is 1.77. The van der Waals surface area contributed by atoms with Crippen LogP contribution in [-0.4, -0.2) is 7.85 Å². The molecule has 0 unspecified atom stereocenters. The van der Waals surface area contributed by atoms with Crippen LogP contribution in [0.25, 0.3) is 0 Å². The Morgan fingerprint density at radius 1 is 1.50 bits per heavy atom.